The standard InChI is InChI=1S/C27H31N5O2S/c1-21-13-15-31(17-22-9-5-3-6-10-22)18-25(21)30(2)26-24-14-16-32(27(24)29-20-28-26)35(33,34)19-23-11-7-4-8-12-23/h3-12,14,16,20-21,25H,13,15,17-19H2,1-2H3. The molecule has 8 heteroatoms. The van der Waals surface area contributed by atoms with Crippen molar-refractivity contribution < 1.29 is 8.42 Å². The lowest BCUT2D eigenvalue weighted by Gasteiger charge is -2.42. The van der Waals surface area contributed by atoms with E-state index in [0.717, 1.165) is 42.8 Å². The molecule has 35 heavy (non-hydrogen) atoms. The number of likely N-dealkylation sites (N-methyl/N-ethyl adjacent to an activating group) is 1. The van der Waals surface area contributed by atoms with Crippen molar-refractivity contribution in [1.82, 2.24) is 18.8 Å². The lowest BCUT2D eigenvalue weighted by molar-refractivity contribution is 0.159. The first-order valence-electron chi connectivity index (χ1n) is 12.0. The monoisotopic (exact) mass is 489 g/mol. The molecule has 0 spiro atoms. The van der Waals surface area contributed by atoms with Crippen molar-refractivity contribution in [3.05, 3.63) is 90.4 Å². The van der Waals surface area contributed by atoms with Crippen LogP contribution in [0.2, 0.25) is 0 Å². The van der Waals surface area contributed by atoms with Crippen molar-refractivity contribution in [2.24, 2.45) is 5.92 Å². The summed E-state index contributed by atoms with van der Waals surface area (Å²) in [6.45, 7) is 5.19. The van der Waals surface area contributed by atoms with Gasteiger partial charge in [-0.2, -0.15) is 0 Å². The van der Waals surface area contributed by atoms with E-state index in [1.807, 2.05) is 42.5 Å². The maximum Gasteiger partial charge on any atom is 0.244 e. The molecule has 7 nitrogen and oxygen atoms in total. The van der Waals surface area contributed by atoms with Crippen molar-refractivity contribution in [3.8, 4) is 0 Å². The molecule has 1 saturated heterocycles. The van der Waals surface area contributed by atoms with E-state index in [1.165, 1.54) is 15.9 Å². The first-order valence-corrected chi connectivity index (χ1v) is 13.6. The van der Waals surface area contributed by atoms with Gasteiger partial charge in [-0.1, -0.05) is 67.6 Å². The van der Waals surface area contributed by atoms with Gasteiger partial charge in [0.15, 0.2) is 5.65 Å². The molecule has 0 radical (unpaired) electrons. The van der Waals surface area contributed by atoms with Crippen molar-refractivity contribution in [1.29, 1.82) is 0 Å². The molecular weight excluding hydrogens is 458 g/mol. The topological polar surface area (TPSA) is 71.3 Å². The summed E-state index contributed by atoms with van der Waals surface area (Å²) >= 11 is 0. The number of anilines is 1. The second-order valence-electron chi connectivity index (χ2n) is 9.45. The molecule has 2 aromatic carbocycles. The van der Waals surface area contributed by atoms with Gasteiger partial charge >= 0.3 is 0 Å². The average molecular weight is 490 g/mol. The third kappa shape index (κ3) is 4.94. The molecule has 0 bridgehead atoms. The summed E-state index contributed by atoms with van der Waals surface area (Å²) in [4.78, 5) is 13.7. The smallest absolute Gasteiger partial charge is 0.244 e. The Morgan fingerprint density at radius 1 is 0.971 bits per heavy atom. The highest BCUT2D eigenvalue weighted by Gasteiger charge is 2.31. The fourth-order valence-electron chi connectivity index (χ4n) is 5.04. The van der Waals surface area contributed by atoms with E-state index in [1.54, 1.807) is 6.20 Å². The summed E-state index contributed by atoms with van der Waals surface area (Å²) < 4.78 is 27.7. The van der Waals surface area contributed by atoms with Gasteiger partial charge < -0.3 is 4.90 Å². The molecule has 2 aromatic heterocycles. The van der Waals surface area contributed by atoms with E-state index in [9.17, 15) is 8.42 Å². The minimum absolute atomic E-state index is 0.0824. The highest BCUT2D eigenvalue weighted by Crippen LogP contribution is 2.30. The van der Waals surface area contributed by atoms with Crippen molar-refractivity contribution in [3.63, 3.8) is 0 Å². The molecule has 3 heterocycles. The van der Waals surface area contributed by atoms with Crippen LogP contribution >= 0.6 is 0 Å². The summed E-state index contributed by atoms with van der Waals surface area (Å²) in [6, 6.07) is 21.8. The number of nitrogens with zero attached hydrogens (tertiary/aromatic N) is 5. The zero-order valence-corrected chi connectivity index (χ0v) is 21.0. The van der Waals surface area contributed by atoms with Crippen molar-refractivity contribution >= 4 is 26.9 Å². The summed E-state index contributed by atoms with van der Waals surface area (Å²) in [5, 5.41) is 0.749. The Balaban J connectivity index is 1.41. The van der Waals surface area contributed by atoms with Gasteiger partial charge in [-0.25, -0.2) is 22.4 Å². The van der Waals surface area contributed by atoms with Crippen LogP contribution in [-0.2, 0) is 22.3 Å². The van der Waals surface area contributed by atoms with Gasteiger partial charge in [0.05, 0.1) is 11.1 Å². The SMILES string of the molecule is CC1CCN(Cc2ccccc2)CC1N(C)c1ncnc2c1ccn2S(=O)(=O)Cc1ccccc1. The molecule has 0 aliphatic carbocycles. The third-order valence-electron chi connectivity index (χ3n) is 7.00. The van der Waals surface area contributed by atoms with Gasteiger partial charge in [-0.05, 0) is 36.1 Å². The van der Waals surface area contributed by atoms with Crippen LogP contribution in [0.25, 0.3) is 11.0 Å². The lowest BCUT2D eigenvalue weighted by atomic mass is 9.92. The second kappa shape index (κ2) is 9.79. The lowest BCUT2D eigenvalue weighted by Crippen LogP contribution is -2.50. The summed E-state index contributed by atoms with van der Waals surface area (Å²) in [5.74, 6) is 1.17. The quantitative estimate of drug-likeness (QED) is 0.388. The maximum absolute atomic E-state index is 13.2. The van der Waals surface area contributed by atoms with Crippen LogP contribution < -0.4 is 4.90 Å². The van der Waals surface area contributed by atoms with Gasteiger partial charge in [0.25, 0.3) is 0 Å². The van der Waals surface area contributed by atoms with E-state index in [0.29, 0.717) is 11.6 Å². The normalized spacial score (nSPS) is 19.1. The Labute approximate surface area is 207 Å². The Bertz CT molecular complexity index is 1390. The molecule has 1 aliphatic rings. The third-order valence-corrected chi connectivity index (χ3v) is 8.59. The first kappa shape index (κ1) is 23.5. The van der Waals surface area contributed by atoms with Crippen LogP contribution in [-0.4, -0.2) is 53.4 Å². The molecule has 1 aliphatic heterocycles. The molecule has 1 fully saturated rings. The highest BCUT2D eigenvalue weighted by atomic mass is 32.2. The molecule has 0 N–H and O–H groups in total. The number of hydrogen-bond acceptors (Lipinski definition) is 6. The molecule has 5 rings (SSSR count). The Kier molecular flexibility index (Phi) is 6.58. The molecule has 2 atom stereocenters. The van der Waals surface area contributed by atoms with Gasteiger partial charge in [-0.15, -0.1) is 0 Å². The Morgan fingerprint density at radius 3 is 2.37 bits per heavy atom. The van der Waals surface area contributed by atoms with Crippen LogP contribution in [0.4, 0.5) is 5.82 Å². The molecule has 182 valence electrons. The van der Waals surface area contributed by atoms with Crippen LogP contribution in [0, 0.1) is 5.92 Å². The molecule has 4 aromatic rings. The number of aromatic nitrogens is 3. The molecular formula is C27H31N5O2S. The van der Waals surface area contributed by atoms with E-state index in [-0.39, 0.29) is 11.8 Å². The summed E-state index contributed by atoms with van der Waals surface area (Å²) in [5.41, 5.74) is 2.48. The number of hydrogen-bond donors (Lipinski definition) is 0. The number of rotatable bonds is 7. The molecule has 0 amide bonds. The van der Waals surface area contributed by atoms with Crippen molar-refractivity contribution in [2.45, 2.75) is 31.7 Å². The Morgan fingerprint density at radius 2 is 1.66 bits per heavy atom. The van der Waals surface area contributed by atoms with Gasteiger partial charge in [-0.3, -0.25) is 4.90 Å². The zero-order valence-electron chi connectivity index (χ0n) is 20.2. The molecule has 2 unspecified atom stereocenters. The average Bonchev–Trinajstić information content (AvgIpc) is 3.31. The van der Waals surface area contributed by atoms with E-state index in [4.69, 9.17) is 0 Å². The van der Waals surface area contributed by atoms with Crippen LogP contribution in [0.15, 0.2) is 79.3 Å². The number of fused-ring (bicyclic) bond motifs is 1. The predicted molar refractivity (Wildman–Crippen MR) is 140 cm³/mol. The van der Waals surface area contributed by atoms with E-state index in [2.05, 4.69) is 58.0 Å². The van der Waals surface area contributed by atoms with Crippen molar-refractivity contribution in [2.75, 3.05) is 25.0 Å². The largest absolute Gasteiger partial charge is 0.354 e. The molecule has 0 saturated carbocycles. The van der Waals surface area contributed by atoms with Crippen LogP contribution in [0.5, 0.6) is 0 Å². The fraction of sp³-hybridized carbons (Fsp3) is 0.333. The number of benzene rings is 2. The van der Waals surface area contributed by atoms with E-state index >= 15 is 0 Å². The second-order valence-corrected chi connectivity index (χ2v) is 11.3. The van der Waals surface area contributed by atoms with Gasteiger partial charge in [0.1, 0.15) is 12.1 Å². The van der Waals surface area contributed by atoms with Crippen LogP contribution in [0.1, 0.15) is 24.5 Å². The minimum atomic E-state index is -3.62. The maximum atomic E-state index is 13.2. The fourth-order valence-corrected chi connectivity index (χ4v) is 6.44. The highest BCUT2D eigenvalue weighted by molar-refractivity contribution is 7.89. The summed E-state index contributed by atoms with van der Waals surface area (Å²) in [7, 11) is -1.56. The van der Waals surface area contributed by atoms with Gasteiger partial charge in [0.2, 0.25) is 10.0 Å². The minimum Gasteiger partial charge on any atom is -0.354 e. The number of piperidine rings is 1. The van der Waals surface area contributed by atoms with Gasteiger partial charge in [0, 0.05) is 32.4 Å². The predicted octanol–water partition coefficient (Wildman–Crippen LogP) is 4.16. The Hall–Kier alpha value is -3.23. The zero-order chi connectivity index (χ0) is 24.4. The van der Waals surface area contributed by atoms with Crippen LogP contribution in [0.3, 0.4) is 0 Å². The first-order chi connectivity index (χ1) is 16.9. The van der Waals surface area contributed by atoms with E-state index < -0.39 is 10.0 Å². The number of likely N-dealkylation sites (tertiary alicyclic amines) is 1. The summed E-state index contributed by atoms with van der Waals surface area (Å²) in [6.07, 6.45) is 4.17.